The Morgan fingerprint density at radius 2 is 1.88 bits per heavy atom. The summed E-state index contributed by atoms with van der Waals surface area (Å²) in [7, 11) is 0. The van der Waals surface area contributed by atoms with Gasteiger partial charge in [-0.1, -0.05) is 6.08 Å². The van der Waals surface area contributed by atoms with Crippen molar-refractivity contribution in [3.05, 3.63) is 12.7 Å². The monoisotopic (exact) mass is 346 g/mol. The molecule has 0 aromatic rings. The zero-order valence-electron chi connectivity index (χ0n) is 14.3. The van der Waals surface area contributed by atoms with E-state index in [2.05, 4.69) is 6.58 Å². The molecule has 140 valence electrons. The molecule has 0 spiro atoms. The molecule has 0 amide bonds. The molecule has 4 unspecified atom stereocenters. The molecular weight excluding hydrogens is 316 g/mol. The lowest BCUT2D eigenvalue weighted by Crippen LogP contribution is -2.35. The normalized spacial score (nSPS) is 26.0. The first-order valence-corrected chi connectivity index (χ1v) is 8.68. The summed E-state index contributed by atoms with van der Waals surface area (Å²) in [6.07, 6.45) is 3.84. The van der Waals surface area contributed by atoms with Crippen molar-refractivity contribution in [1.29, 1.82) is 0 Å². The summed E-state index contributed by atoms with van der Waals surface area (Å²) in [5.41, 5.74) is 0. The highest BCUT2D eigenvalue weighted by atomic mass is 16.7. The maximum absolute atomic E-state index is 9.77. The molecule has 2 heterocycles. The first-order chi connectivity index (χ1) is 11.8. The average molecular weight is 346 g/mol. The summed E-state index contributed by atoms with van der Waals surface area (Å²) in [6, 6.07) is 0. The van der Waals surface area contributed by atoms with Crippen LogP contribution in [0.5, 0.6) is 0 Å². The lowest BCUT2D eigenvalue weighted by atomic mass is 10.2. The van der Waals surface area contributed by atoms with E-state index in [1.165, 1.54) is 0 Å². The van der Waals surface area contributed by atoms with E-state index in [-0.39, 0.29) is 31.7 Å². The van der Waals surface area contributed by atoms with Crippen LogP contribution in [0.15, 0.2) is 12.7 Å². The van der Waals surface area contributed by atoms with Gasteiger partial charge >= 0.3 is 0 Å². The van der Waals surface area contributed by atoms with Crippen LogP contribution in [0.4, 0.5) is 0 Å². The third-order valence-electron chi connectivity index (χ3n) is 3.65. The maximum atomic E-state index is 9.77. The molecule has 2 aliphatic rings. The van der Waals surface area contributed by atoms with Gasteiger partial charge in [0.2, 0.25) is 0 Å². The Bertz CT molecular complexity index is 329. The number of rotatable bonds is 14. The highest BCUT2D eigenvalue weighted by molar-refractivity contribution is 4.69. The molecule has 2 aliphatic heterocycles. The number of aliphatic hydroxyl groups is 1. The van der Waals surface area contributed by atoms with E-state index in [0.717, 1.165) is 32.5 Å². The molecule has 7 heteroatoms. The number of epoxide rings is 1. The summed E-state index contributed by atoms with van der Waals surface area (Å²) in [5, 5.41) is 9.77. The van der Waals surface area contributed by atoms with Crippen molar-refractivity contribution in [2.24, 2.45) is 0 Å². The fourth-order valence-electron chi connectivity index (χ4n) is 2.33. The summed E-state index contributed by atoms with van der Waals surface area (Å²) < 4.78 is 33.0. The van der Waals surface area contributed by atoms with E-state index >= 15 is 0 Å². The lowest BCUT2D eigenvalue weighted by molar-refractivity contribution is -0.209. The molecule has 0 aromatic carbocycles. The third-order valence-corrected chi connectivity index (χ3v) is 3.65. The van der Waals surface area contributed by atoms with Gasteiger partial charge in [0.1, 0.15) is 18.3 Å². The molecule has 24 heavy (non-hydrogen) atoms. The standard InChI is InChI=1S/C17H30O7/c1-2-6-19-8-14(18)9-20-11-16(12-21-10-15-13-23-15)24-17-5-3-4-7-22-17/h2,14-18H,1,3-13H2. The Morgan fingerprint density at radius 3 is 2.58 bits per heavy atom. The second-order valence-corrected chi connectivity index (χ2v) is 6.06. The van der Waals surface area contributed by atoms with Gasteiger partial charge in [0.05, 0.1) is 46.2 Å². The van der Waals surface area contributed by atoms with Gasteiger partial charge in [0.15, 0.2) is 6.29 Å². The van der Waals surface area contributed by atoms with Gasteiger partial charge in [-0.05, 0) is 19.3 Å². The van der Waals surface area contributed by atoms with Crippen molar-refractivity contribution in [2.75, 3.05) is 52.9 Å². The largest absolute Gasteiger partial charge is 0.388 e. The van der Waals surface area contributed by atoms with E-state index in [9.17, 15) is 5.11 Å². The van der Waals surface area contributed by atoms with E-state index < -0.39 is 6.10 Å². The van der Waals surface area contributed by atoms with Crippen molar-refractivity contribution >= 4 is 0 Å². The zero-order chi connectivity index (χ0) is 17.0. The number of hydrogen-bond acceptors (Lipinski definition) is 7. The molecule has 0 bridgehead atoms. The summed E-state index contributed by atoms with van der Waals surface area (Å²) in [4.78, 5) is 0. The van der Waals surface area contributed by atoms with Gasteiger partial charge in [-0.25, -0.2) is 0 Å². The van der Waals surface area contributed by atoms with Crippen LogP contribution < -0.4 is 0 Å². The van der Waals surface area contributed by atoms with E-state index in [1.54, 1.807) is 6.08 Å². The van der Waals surface area contributed by atoms with Crippen LogP contribution in [0.1, 0.15) is 19.3 Å². The minimum absolute atomic E-state index is 0.189. The predicted molar refractivity (Wildman–Crippen MR) is 86.9 cm³/mol. The highest BCUT2D eigenvalue weighted by Crippen LogP contribution is 2.16. The van der Waals surface area contributed by atoms with Crippen molar-refractivity contribution in [3.63, 3.8) is 0 Å². The first-order valence-electron chi connectivity index (χ1n) is 8.68. The van der Waals surface area contributed by atoms with Gasteiger partial charge in [-0.2, -0.15) is 0 Å². The fourth-order valence-corrected chi connectivity index (χ4v) is 2.33. The summed E-state index contributed by atoms with van der Waals surface area (Å²) in [6.45, 7) is 7.21. The number of hydrogen-bond donors (Lipinski definition) is 1. The van der Waals surface area contributed by atoms with Gasteiger partial charge in [0, 0.05) is 6.61 Å². The van der Waals surface area contributed by atoms with Crippen LogP contribution in [-0.4, -0.2) is 82.6 Å². The molecule has 2 fully saturated rings. The second-order valence-electron chi connectivity index (χ2n) is 6.06. The Morgan fingerprint density at radius 1 is 1.08 bits per heavy atom. The van der Waals surface area contributed by atoms with Crippen LogP contribution in [0.3, 0.4) is 0 Å². The molecule has 0 saturated carbocycles. The molecule has 0 radical (unpaired) electrons. The summed E-state index contributed by atoms with van der Waals surface area (Å²) in [5.74, 6) is 0. The molecule has 0 aromatic heterocycles. The Hall–Kier alpha value is -0.540. The number of ether oxygens (including phenoxy) is 6. The van der Waals surface area contributed by atoms with Crippen LogP contribution in [-0.2, 0) is 28.4 Å². The molecule has 1 N–H and O–H groups in total. The Labute approximate surface area is 143 Å². The van der Waals surface area contributed by atoms with E-state index in [1.807, 2.05) is 0 Å². The first kappa shape index (κ1) is 19.8. The van der Waals surface area contributed by atoms with Crippen LogP contribution in [0, 0.1) is 0 Å². The highest BCUT2D eigenvalue weighted by Gasteiger charge is 2.25. The van der Waals surface area contributed by atoms with Crippen LogP contribution in [0.2, 0.25) is 0 Å². The predicted octanol–water partition coefficient (Wildman–Crippen LogP) is 0.894. The fraction of sp³-hybridized carbons (Fsp3) is 0.882. The zero-order valence-corrected chi connectivity index (χ0v) is 14.3. The van der Waals surface area contributed by atoms with Crippen LogP contribution in [0.25, 0.3) is 0 Å². The van der Waals surface area contributed by atoms with Crippen molar-refractivity contribution < 1.29 is 33.5 Å². The molecule has 0 aliphatic carbocycles. The lowest BCUT2D eigenvalue weighted by Gasteiger charge is -2.27. The molecule has 4 atom stereocenters. The van der Waals surface area contributed by atoms with E-state index in [0.29, 0.717) is 26.4 Å². The molecular formula is C17H30O7. The van der Waals surface area contributed by atoms with Gasteiger partial charge < -0.3 is 33.5 Å². The van der Waals surface area contributed by atoms with E-state index in [4.69, 9.17) is 28.4 Å². The third kappa shape index (κ3) is 9.08. The van der Waals surface area contributed by atoms with Crippen molar-refractivity contribution in [3.8, 4) is 0 Å². The van der Waals surface area contributed by atoms with Crippen LogP contribution >= 0.6 is 0 Å². The quantitative estimate of drug-likeness (QED) is 0.284. The van der Waals surface area contributed by atoms with Crippen molar-refractivity contribution in [2.45, 2.75) is 43.9 Å². The topological polar surface area (TPSA) is 78.9 Å². The van der Waals surface area contributed by atoms with Crippen molar-refractivity contribution in [1.82, 2.24) is 0 Å². The second kappa shape index (κ2) is 11.9. The minimum atomic E-state index is -0.669. The Kier molecular flexibility index (Phi) is 9.82. The maximum Gasteiger partial charge on any atom is 0.158 e. The van der Waals surface area contributed by atoms with Gasteiger partial charge in [0.25, 0.3) is 0 Å². The average Bonchev–Trinajstić information content (AvgIpc) is 3.40. The molecule has 7 nitrogen and oxygen atoms in total. The Balaban J connectivity index is 1.62. The number of aliphatic hydroxyl groups excluding tert-OH is 1. The summed E-state index contributed by atoms with van der Waals surface area (Å²) >= 11 is 0. The SMILES string of the molecule is C=CCOCC(O)COCC(COCC1CO1)OC1CCCCO1. The van der Waals surface area contributed by atoms with Gasteiger partial charge in [-0.3, -0.25) is 0 Å². The van der Waals surface area contributed by atoms with Gasteiger partial charge in [-0.15, -0.1) is 6.58 Å². The smallest absolute Gasteiger partial charge is 0.158 e. The molecule has 2 saturated heterocycles. The molecule has 2 rings (SSSR count). The minimum Gasteiger partial charge on any atom is -0.388 e.